The van der Waals surface area contributed by atoms with Crippen molar-refractivity contribution in [2.24, 2.45) is 0 Å². The summed E-state index contributed by atoms with van der Waals surface area (Å²) in [6.07, 6.45) is 38.5. The zero-order valence-corrected chi connectivity index (χ0v) is 25.6. The summed E-state index contributed by atoms with van der Waals surface area (Å²) in [5.74, 6) is -0.669. The molecule has 0 saturated heterocycles. The van der Waals surface area contributed by atoms with Gasteiger partial charge in [-0.3, -0.25) is 9.59 Å². The van der Waals surface area contributed by atoms with Gasteiger partial charge >= 0.3 is 11.9 Å². The average molecular weight is 559 g/mol. The van der Waals surface area contributed by atoms with Crippen LogP contribution in [0.4, 0.5) is 0 Å². The van der Waals surface area contributed by atoms with Gasteiger partial charge in [-0.2, -0.15) is 0 Å². The number of hydrogen-bond acceptors (Lipinski definition) is 5. The molecule has 0 saturated carbocycles. The fourth-order valence-electron chi connectivity index (χ4n) is 3.94. The molecule has 1 atom stereocenters. The molecule has 5 heteroatoms. The van der Waals surface area contributed by atoms with Crippen molar-refractivity contribution in [1.82, 2.24) is 0 Å². The predicted molar refractivity (Wildman–Crippen MR) is 168 cm³/mol. The van der Waals surface area contributed by atoms with Crippen molar-refractivity contribution in [3.8, 4) is 0 Å². The Morgan fingerprint density at radius 1 is 0.600 bits per heavy atom. The molecule has 0 aliphatic heterocycles. The molecule has 0 amide bonds. The van der Waals surface area contributed by atoms with Crippen LogP contribution in [0.2, 0.25) is 0 Å². The summed E-state index contributed by atoms with van der Waals surface area (Å²) in [6.45, 7) is 3.92. The van der Waals surface area contributed by atoms with E-state index in [2.05, 4.69) is 74.6 Å². The number of hydrogen-bond donors (Lipinski definition) is 1. The Labute approximate surface area is 245 Å². The largest absolute Gasteiger partial charge is 0.462 e. The van der Waals surface area contributed by atoms with Crippen LogP contribution in [0, 0.1) is 0 Å². The molecule has 0 spiro atoms. The van der Waals surface area contributed by atoms with E-state index in [1.165, 1.54) is 38.5 Å². The molecule has 0 bridgehead atoms. The summed E-state index contributed by atoms with van der Waals surface area (Å²) in [4.78, 5) is 24.0. The third kappa shape index (κ3) is 28.6. The van der Waals surface area contributed by atoms with Gasteiger partial charge in [-0.15, -0.1) is 0 Å². The van der Waals surface area contributed by atoms with E-state index in [0.29, 0.717) is 12.8 Å². The molecule has 0 aromatic rings. The van der Waals surface area contributed by atoms with Crippen LogP contribution in [0.25, 0.3) is 0 Å². The first-order chi connectivity index (χ1) is 19.6. The van der Waals surface area contributed by atoms with Crippen LogP contribution >= 0.6 is 0 Å². The highest BCUT2D eigenvalue weighted by atomic mass is 16.6. The van der Waals surface area contributed by atoms with Crippen molar-refractivity contribution in [2.75, 3.05) is 13.2 Å². The van der Waals surface area contributed by atoms with Gasteiger partial charge in [0.15, 0.2) is 6.10 Å². The molecule has 40 heavy (non-hydrogen) atoms. The van der Waals surface area contributed by atoms with Crippen molar-refractivity contribution in [3.05, 3.63) is 60.8 Å². The van der Waals surface area contributed by atoms with E-state index in [1.807, 2.05) is 0 Å². The van der Waals surface area contributed by atoms with Crippen molar-refractivity contribution in [3.63, 3.8) is 0 Å². The third-order valence-electron chi connectivity index (χ3n) is 6.33. The van der Waals surface area contributed by atoms with Gasteiger partial charge in [0.1, 0.15) is 6.61 Å². The summed E-state index contributed by atoms with van der Waals surface area (Å²) in [7, 11) is 0. The molecule has 0 fully saturated rings. The van der Waals surface area contributed by atoms with Crippen LogP contribution in [-0.4, -0.2) is 36.4 Å². The first kappa shape index (κ1) is 37.6. The topological polar surface area (TPSA) is 72.8 Å². The molecule has 0 aromatic heterocycles. The number of carbonyl (C=O) groups is 2. The first-order valence-electron chi connectivity index (χ1n) is 15.8. The summed E-state index contributed by atoms with van der Waals surface area (Å²) in [5, 5.41) is 9.46. The van der Waals surface area contributed by atoms with E-state index in [0.717, 1.165) is 57.8 Å². The van der Waals surface area contributed by atoms with Crippen molar-refractivity contribution in [1.29, 1.82) is 0 Å². The van der Waals surface area contributed by atoms with E-state index in [9.17, 15) is 14.7 Å². The Bertz CT molecular complexity index is 732. The van der Waals surface area contributed by atoms with Crippen molar-refractivity contribution < 1.29 is 24.2 Å². The van der Waals surface area contributed by atoms with E-state index < -0.39 is 6.10 Å². The minimum absolute atomic E-state index is 0.0900. The van der Waals surface area contributed by atoms with Crippen molar-refractivity contribution in [2.45, 2.75) is 136 Å². The van der Waals surface area contributed by atoms with Crippen LogP contribution in [0.1, 0.15) is 129 Å². The Kier molecular flexibility index (Phi) is 29.3. The predicted octanol–water partition coefficient (Wildman–Crippen LogP) is 9.28. The molecular formula is C35H58O5. The zero-order chi connectivity index (χ0) is 29.4. The second kappa shape index (κ2) is 31.1. The Hall–Kier alpha value is -2.40. The van der Waals surface area contributed by atoms with Gasteiger partial charge in [0.05, 0.1) is 6.61 Å². The lowest BCUT2D eigenvalue weighted by molar-refractivity contribution is -0.161. The SMILES string of the molecule is CC/C=C\C/C=C\C/C=C\C/C=C\C/C=C\CCCC(=O)OC(CO)COC(=O)CCCCCCCCCCC. The van der Waals surface area contributed by atoms with Gasteiger partial charge in [-0.1, -0.05) is 126 Å². The maximum absolute atomic E-state index is 12.1. The fraction of sp³-hybridized carbons (Fsp3) is 0.657. The van der Waals surface area contributed by atoms with Gasteiger partial charge in [-0.05, 0) is 51.4 Å². The van der Waals surface area contributed by atoms with E-state index in [-0.39, 0.29) is 31.6 Å². The molecule has 0 aromatic carbocycles. The maximum atomic E-state index is 12.1. The van der Waals surface area contributed by atoms with Crippen LogP contribution < -0.4 is 0 Å². The number of rotatable bonds is 27. The summed E-state index contributed by atoms with van der Waals surface area (Å²) in [5.41, 5.74) is 0. The normalized spacial score (nSPS) is 13.0. The quantitative estimate of drug-likeness (QED) is 0.0618. The van der Waals surface area contributed by atoms with Crippen LogP contribution in [-0.2, 0) is 19.1 Å². The van der Waals surface area contributed by atoms with E-state index >= 15 is 0 Å². The number of aliphatic hydroxyl groups is 1. The third-order valence-corrected chi connectivity index (χ3v) is 6.33. The van der Waals surface area contributed by atoms with Crippen LogP contribution in [0.15, 0.2) is 60.8 Å². The van der Waals surface area contributed by atoms with Gasteiger partial charge in [0, 0.05) is 12.8 Å². The minimum atomic E-state index is -0.798. The van der Waals surface area contributed by atoms with E-state index in [1.54, 1.807) is 0 Å². The number of ether oxygens (including phenoxy) is 2. The van der Waals surface area contributed by atoms with Gasteiger partial charge < -0.3 is 14.6 Å². The lowest BCUT2D eigenvalue weighted by Crippen LogP contribution is -2.28. The summed E-state index contributed by atoms with van der Waals surface area (Å²) >= 11 is 0. The maximum Gasteiger partial charge on any atom is 0.306 e. The van der Waals surface area contributed by atoms with Gasteiger partial charge in [0.25, 0.3) is 0 Å². The smallest absolute Gasteiger partial charge is 0.306 e. The van der Waals surface area contributed by atoms with Crippen LogP contribution in [0.3, 0.4) is 0 Å². The lowest BCUT2D eigenvalue weighted by atomic mass is 10.1. The number of carbonyl (C=O) groups excluding carboxylic acids is 2. The number of allylic oxidation sites excluding steroid dienone is 10. The molecule has 0 heterocycles. The molecule has 228 valence electrons. The first-order valence-corrected chi connectivity index (χ1v) is 15.8. The second-order valence-electron chi connectivity index (χ2n) is 10.2. The monoisotopic (exact) mass is 558 g/mol. The van der Waals surface area contributed by atoms with Gasteiger partial charge in [0.2, 0.25) is 0 Å². The number of aliphatic hydroxyl groups excluding tert-OH is 1. The molecule has 0 radical (unpaired) electrons. The number of unbranched alkanes of at least 4 members (excludes halogenated alkanes) is 9. The lowest BCUT2D eigenvalue weighted by Gasteiger charge is -2.15. The summed E-state index contributed by atoms with van der Waals surface area (Å²) in [6, 6.07) is 0. The zero-order valence-electron chi connectivity index (χ0n) is 25.6. The Morgan fingerprint density at radius 3 is 1.60 bits per heavy atom. The number of esters is 2. The highest BCUT2D eigenvalue weighted by molar-refractivity contribution is 5.70. The van der Waals surface area contributed by atoms with Crippen molar-refractivity contribution >= 4 is 11.9 Å². The molecule has 0 rings (SSSR count). The summed E-state index contributed by atoms with van der Waals surface area (Å²) < 4.78 is 10.5. The molecular weight excluding hydrogens is 500 g/mol. The fourth-order valence-corrected chi connectivity index (χ4v) is 3.94. The Morgan fingerprint density at radius 2 is 1.07 bits per heavy atom. The highest BCUT2D eigenvalue weighted by Gasteiger charge is 2.15. The minimum Gasteiger partial charge on any atom is -0.462 e. The molecule has 0 aliphatic rings. The standard InChI is InChI=1S/C35H58O5/c1-3-5-7-9-11-13-14-15-16-17-18-19-20-22-24-26-28-30-35(38)40-33(31-36)32-39-34(37)29-27-25-23-21-12-10-8-6-4-2/h5,7,11,13,15-16,18-19,22,24,33,36H,3-4,6,8-10,12,14,17,20-21,23,25-32H2,1-2H3/b7-5-,13-11-,16-15-,19-18-,24-22-. The second-order valence-corrected chi connectivity index (χ2v) is 10.2. The molecule has 1 unspecified atom stereocenters. The van der Waals surface area contributed by atoms with Crippen LogP contribution in [0.5, 0.6) is 0 Å². The highest BCUT2D eigenvalue weighted by Crippen LogP contribution is 2.11. The molecule has 5 nitrogen and oxygen atoms in total. The Balaban J connectivity index is 3.75. The average Bonchev–Trinajstić information content (AvgIpc) is 2.96. The van der Waals surface area contributed by atoms with Gasteiger partial charge in [-0.25, -0.2) is 0 Å². The molecule has 1 N–H and O–H groups in total. The molecule has 0 aliphatic carbocycles. The van der Waals surface area contributed by atoms with E-state index in [4.69, 9.17) is 9.47 Å².